The minimum Gasteiger partial charge on any atom is -0.473 e. The van der Waals surface area contributed by atoms with Gasteiger partial charge in [0.05, 0.1) is 10.1 Å². The predicted molar refractivity (Wildman–Crippen MR) is 132 cm³/mol. The molecule has 1 saturated carbocycles. The zero-order chi connectivity index (χ0) is 25.3. The lowest BCUT2D eigenvalue weighted by Crippen LogP contribution is -2.26. The van der Waals surface area contributed by atoms with Crippen molar-refractivity contribution in [1.29, 1.82) is 0 Å². The molecule has 5 rings (SSSR count). The molecule has 2 heterocycles. The van der Waals surface area contributed by atoms with E-state index in [4.69, 9.17) is 4.74 Å². The van der Waals surface area contributed by atoms with E-state index < -0.39 is 33.5 Å². The van der Waals surface area contributed by atoms with Gasteiger partial charge in [0.15, 0.2) is 26.5 Å². The summed E-state index contributed by atoms with van der Waals surface area (Å²) in [5.74, 6) is -2.65. The van der Waals surface area contributed by atoms with Crippen LogP contribution in [0.15, 0.2) is 53.6 Å². The molecule has 1 saturated heterocycles. The van der Waals surface area contributed by atoms with Crippen LogP contribution in [0, 0.1) is 11.6 Å². The van der Waals surface area contributed by atoms with Crippen LogP contribution in [0.3, 0.4) is 0 Å². The zero-order valence-electron chi connectivity index (χ0n) is 19.3. The van der Waals surface area contributed by atoms with Gasteiger partial charge in [-0.25, -0.2) is 22.2 Å². The molecule has 1 unspecified atom stereocenters. The van der Waals surface area contributed by atoms with Gasteiger partial charge in [-0.1, -0.05) is 12.1 Å². The van der Waals surface area contributed by atoms with Crippen molar-refractivity contribution in [1.82, 2.24) is 9.88 Å². The van der Waals surface area contributed by atoms with Crippen LogP contribution in [0.5, 0.6) is 5.75 Å². The van der Waals surface area contributed by atoms with E-state index in [1.54, 1.807) is 6.20 Å². The van der Waals surface area contributed by atoms with Crippen molar-refractivity contribution in [2.75, 3.05) is 18.4 Å². The number of carbonyl (C=O) groups excluding carboxylic acids is 1. The maximum atomic E-state index is 14.3. The number of hydrogen-bond acceptors (Lipinski definition) is 7. The first-order valence-electron chi connectivity index (χ1n) is 11.7. The molecule has 190 valence electrons. The fourth-order valence-corrected chi connectivity index (χ4v) is 6.66. The van der Waals surface area contributed by atoms with Gasteiger partial charge in [0, 0.05) is 29.2 Å². The van der Waals surface area contributed by atoms with Gasteiger partial charge in [0.2, 0.25) is 6.10 Å². The number of carbonyl (C=O) groups is 1. The molecule has 0 radical (unpaired) electrons. The maximum absolute atomic E-state index is 14.3. The highest BCUT2D eigenvalue weighted by Crippen LogP contribution is 2.34. The molecule has 1 atom stereocenters. The molecule has 2 aromatic carbocycles. The van der Waals surface area contributed by atoms with Crippen molar-refractivity contribution in [3.63, 3.8) is 0 Å². The van der Waals surface area contributed by atoms with Gasteiger partial charge < -0.3 is 4.74 Å². The highest BCUT2D eigenvalue weighted by atomic mass is 32.2. The number of ether oxygens (including phenoxy) is 1. The van der Waals surface area contributed by atoms with E-state index in [9.17, 15) is 22.0 Å². The summed E-state index contributed by atoms with van der Waals surface area (Å²) in [5, 5.41) is 2.72. The fraction of sp³-hybridized carbons (Fsp3) is 0.360. The number of halogens is 2. The van der Waals surface area contributed by atoms with Crippen LogP contribution in [0.4, 0.5) is 13.9 Å². The lowest BCUT2D eigenvalue weighted by atomic mass is 10.1. The van der Waals surface area contributed by atoms with E-state index in [0.29, 0.717) is 29.6 Å². The minimum absolute atomic E-state index is 0.160. The number of nitrogens with one attached hydrogen (secondary N) is 1. The average molecular weight is 534 g/mol. The Morgan fingerprint density at radius 1 is 1.14 bits per heavy atom. The second-order valence-electron chi connectivity index (χ2n) is 8.99. The topological polar surface area (TPSA) is 88.6 Å². The predicted octanol–water partition coefficient (Wildman–Crippen LogP) is 4.71. The lowest BCUT2D eigenvalue weighted by Gasteiger charge is -2.19. The van der Waals surface area contributed by atoms with Crippen LogP contribution in [-0.4, -0.2) is 42.5 Å². The van der Waals surface area contributed by atoms with Crippen molar-refractivity contribution in [2.45, 2.75) is 48.5 Å². The van der Waals surface area contributed by atoms with E-state index in [0.717, 1.165) is 36.6 Å². The number of sulfone groups is 1. The largest absolute Gasteiger partial charge is 0.473 e. The number of aromatic nitrogens is 1. The summed E-state index contributed by atoms with van der Waals surface area (Å²) < 4.78 is 58.5. The quantitative estimate of drug-likeness (QED) is 0.429. The third-order valence-corrected chi connectivity index (χ3v) is 9.39. The van der Waals surface area contributed by atoms with Crippen molar-refractivity contribution in [3.05, 3.63) is 70.7 Å². The molecule has 0 spiro atoms. The molecule has 1 aliphatic heterocycles. The van der Waals surface area contributed by atoms with Gasteiger partial charge in [0.25, 0.3) is 5.91 Å². The second-order valence-corrected chi connectivity index (χ2v) is 12.3. The van der Waals surface area contributed by atoms with Crippen LogP contribution in [0.1, 0.15) is 42.2 Å². The minimum atomic E-state index is -3.41. The third-order valence-electron chi connectivity index (χ3n) is 6.21. The molecule has 3 aromatic rings. The molecule has 1 aromatic heterocycles. The molecule has 11 heteroatoms. The number of likely N-dealkylation sites (tertiary alicyclic amines) is 1. The molecule has 1 amide bonds. The zero-order valence-corrected chi connectivity index (χ0v) is 21.0. The Hall–Kier alpha value is -2.89. The molecule has 2 fully saturated rings. The van der Waals surface area contributed by atoms with E-state index >= 15 is 0 Å². The number of hydrogen-bond donors (Lipinski definition) is 1. The lowest BCUT2D eigenvalue weighted by molar-refractivity contribution is -0.123. The molecule has 2 aliphatic rings. The first-order valence-corrected chi connectivity index (χ1v) is 14.1. The summed E-state index contributed by atoms with van der Waals surface area (Å²) in [5.41, 5.74) is 0.319. The van der Waals surface area contributed by atoms with E-state index in [1.807, 2.05) is 0 Å². The van der Waals surface area contributed by atoms with Gasteiger partial charge in [0.1, 0.15) is 5.82 Å². The number of amides is 1. The van der Waals surface area contributed by atoms with Gasteiger partial charge in [-0.2, -0.15) is 0 Å². The van der Waals surface area contributed by atoms with Crippen molar-refractivity contribution >= 4 is 32.2 Å². The third kappa shape index (κ3) is 5.58. The van der Waals surface area contributed by atoms with Crippen molar-refractivity contribution in [2.24, 2.45) is 0 Å². The van der Waals surface area contributed by atoms with Gasteiger partial charge >= 0.3 is 0 Å². The number of benzene rings is 2. The normalized spacial score (nSPS) is 17.2. The van der Waals surface area contributed by atoms with Crippen LogP contribution < -0.4 is 10.1 Å². The first kappa shape index (κ1) is 24.8. The Bertz CT molecular complexity index is 1350. The number of rotatable bonds is 9. The molecule has 7 nitrogen and oxygen atoms in total. The molecule has 1 aliphatic carbocycles. The summed E-state index contributed by atoms with van der Waals surface area (Å²) >= 11 is 1.34. The summed E-state index contributed by atoms with van der Waals surface area (Å²) in [6.45, 7) is 2.82. The average Bonchev–Trinajstić information content (AvgIpc) is 3.45. The number of thiazole rings is 1. The Labute approximate surface area is 212 Å². The van der Waals surface area contributed by atoms with Crippen LogP contribution in [0.2, 0.25) is 0 Å². The maximum Gasteiger partial charge on any atom is 0.271 e. The summed E-state index contributed by atoms with van der Waals surface area (Å²) in [6.07, 6.45) is 4.00. The van der Waals surface area contributed by atoms with E-state index in [2.05, 4.69) is 15.2 Å². The molecule has 36 heavy (non-hydrogen) atoms. The molecule has 1 N–H and O–H groups in total. The van der Waals surface area contributed by atoms with Gasteiger partial charge in [-0.3, -0.25) is 15.0 Å². The van der Waals surface area contributed by atoms with E-state index in [-0.39, 0.29) is 15.9 Å². The van der Waals surface area contributed by atoms with Crippen LogP contribution in [0.25, 0.3) is 0 Å². The smallest absolute Gasteiger partial charge is 0.271 e. The summed E-state index contributed by atoms with van der Waals surface area (Å²) in [7, 11) is -3.41. The van der Waals surface area contributed by atoms with Crippen LogP contribution in [-0.2, 0) is 21.2 Å². The number of anilines is 1. The monoisotopic (exact) mass is 533 g/mol. The first-order chi connectivity index (χ1) is 17.3. The second kappa shape index (κ2) is 10.2. The Balaban J connectivity index is 1.37. The fourth-order valence-electron chi connectivity index (χ4n) is 4.14. The molecular formula is C25H25F2N3O4S2. The molecule has 0 bridgehead atoms. The molecular weight excluding hydrogens is 508 g/mol. The van der Waals surface area contributed by atoms with Crippen LogP contribution >= 0.6 is 11.3 Å². The SMILES string of the molecule is O=C(Nc1ncc(CN2CCCC2)s1)C(Oc1ccc(F)cc1F)c1ccc(S(=O)(=O)C2CC2)cc1. The highest BCUT2D eigenvalue weighted by molar-refractivity contribution is 7.92. The number of nitrogens with zero attached hydrogens (tertiary/aromatic N) is 2. The van der Waals surface area contributed by atoms with Gasteiger partial charge in [-0.05, 0) is 63.0 Å². The van der Waals surface area contributed by atoms with E-state index in [1.165, 1.54) is 48.4 Å². The highest BCUT2D eigenvalue weighted by Gasteiger charge is 2.37. The van der Waals surface area contributed by atoms with Crippen molar-refractivity contribution in [3.8, 4) is 5.75 Å². The summed E-state index contributed by atoms with van der Waals surface area (Å²) in [4.78, 5) is 21.0. The Kier molecular flexibility index (Phi) is 7.05. The summed E-state index contributed by atoms with van der Waals surface area (Å²) in [6, 6.07) is 8.60. The standard InChI is InChI=1S/C25H25F2N3O4S2/c26-17-5-10-22(21(27)13-17)34-23(16-3-6-19(7-4-16)36(32,33)20-8-9-20)24(31)29-25-28-14-18(35-25)15-30-11-1-2-12-30/h3-7,10,13-14,20,23H,1-2,8-9,11-12,15H2,(H,28,29,31). The van der Waals surface area contributed by atoms with Crippen molar-refractivity contribution < 1.29 is 26.7 Å². The Morgan fingerprint density at radius 2 is 1.86 bits per heavy atom. The van der Waals surface area contributed by atoms with Gasteiger partial charge in [-0.15, -0.1) is 11.3 Å². The Morgan fingerprint density at radius 3 is 2.53 bits per heavy atom.